The van der Waals surface area contributed by atoms with Crippen LogP contribution in [0.2, 0.25) is 0 Å². The van der Waals surface area contributed by atoms with Crippen LogP contribution < -0.4 is 0 Å². The Morgan fingerprint density at radius 3 is 1.50 bits per heavy atom. The molecule has 0 aliphatic carbocycles. The van der Waals surface area contributed by atoms with Gasteiger partial charge in [-0.15, -0.1) is 0 Å². The molecule has 0 atom stereocenters. The van der Waals surface area contributed by atoms with Gasteiger partial charge in [-0.1, -0.05) is 45.3 Å². The third-order valence-electron chi connectivity index (χ3n) is 0.399. The zero-order valence-electron chi connectivity index (χ0n) is 3.07. The average Bonchev–Trinajstić information content (AvgIpc) is 1.72. The molecule has 2 heteroatoms. The summed E-state index contributed by atoms with van der Waals surface area (Å²) in [7, 11) is 0. The Morgan fingerprint density at radius 1 is 0.833 bits per heavy atom. The average molecular weight is 306 g/mol. The zero-order chi connectivity index (χ0) is 4.24. The van der Waals surface area contributed by atoms with E-state index in [1.807, 2.05) is 0 Å². The van der Waals surface area contributed by atoms with Crippen molar-refractivity contribution in [3.8, 4) is 0 Å². The fourth-order valence-electron chi connectivity index (χ4n) is 0.194. The van der Waals surface area contributed by atoms with Gasteiger partial charge in [-0.3, -0.25) is 0 Å². The maximum Gasteiger partial charge on any atom is -0.0234 e. The first kappa shape index (κ1) is 5.08. The summed E-state index contributed by atoms with van der Waals surface area (Å²) in [6.07, 6.45) is 4.33. The van der Waals surface area contributed by atoms with E-state index in [2.05, 4.69) is 20.3 Å². The molecule has 34 valence electrons. The molecule has 0 saturated carbocycles. The van der Waals surface area contributed by atoms with E-state index in [4.69, 9.17) is 0 Å². The van der Waals surface area contributed by atoms with Gasteiger partial charge in [0.1, 0.15) is 0 Å². The number of allylic oxidation sites excluding steroid dienone is 2. The lowest BCUT2D eigenvalue weighted by Gasteiger charge is -1.75. The Labute approximate surface area is 53.0 Å². The molecular weight excluding hydrogens is 302 g/mol. The maximum absolute atomic E-state index is 2.34. The number of hydrogen-bond donors (Lipinski definition) is 0. The van der Waals surface area contributed by atoms with E-state index in [-0.39, 0.29) is 0 Å². The molecule has 0 aromatic rings. The van der Waals surface area contributed by atoms with Crippen LogP contribution in [-0.2, 0) is 0 Å². The molecule has 0 aromatic carbocycles. The smallest absolute Gasteiger partial charge is 0.0234 e. The quantitative estimate of drug-likeness (QED) is 0.604. The third kappa shape index (κ3) is 1.59. The molecule has 0 nitrogen and oxygen atoms in total. The molecule has 0 unspecified atom stereocenters. The highest BCUT2D eigenvalue weighted by atomic mass is 128. The molecule has 6 heavy (non-hydrogen) atoms. The lowest BCUT2D eigenvalue weighted by Crippen LogP contribution is -1.39. The first-order chi connectivity index (χ1) is 3.00. The first-order valence-electron chi connectivity index (χ1n) is 1.58. The molecule has 0 spiro atoms. The second-order valence-electron chi connectivity index (χ2n) is 0.802. The molecule has 0 bridgehead atoms. The fraction of sp³-hybridized carbons (Fsp3) is 0. The Kier molecular flexibility index (Phi) is 2.55. The zero-order valence-corrected chi connectivity index (χ0v) is 7.38. The van der Waals surface area contributed by atoms with Gasteiger partial charge < -0.3 is 0 Å². The van der Waals surface area contributed by atoms with E-state index in [0.29, 0.717) is 33.2 Å². The standard InChI is InChI=1S/C4H4I2/c1-2-4-6-5-3-1/h1-4H. The Morgan fingerprint density at radius 2 is 1.33 bits per heavy atom. The van der Waals surface area contributed by atoms with Crippen LogP contribution in [0.1, 0.15) is 0 Å². The van der Waals surface area contributed by atoms with E-state index in [9.17, 15) is 0 Å². The molecule has 1 heterocycles. The summed E-state index contributed by atoms with van der Waals surface area (Å²) in [6.45, 7) is 0. The van der Waals surface area contributed by atoms with Crippen LogP contribution >= 0.6 is 33.2 Å². The summed E-state index contributed by atoms with van der Waals surface area (Å²) in [5.74, 6) is 0. The van der Waals surface area contributed by atoms with Crippen molar-refractivity contribution in [2.45, 2.75) is 0 Å². The highest BCUT2D eigenvalue weighted by Crippen LogP contribution is 2.22. The molecule has 0 saturated heterocycles. The van der Waals surface area contributed by atoms with Crippen LogP contribution in [0, 0.1) is 0 Å². The monoisotopic (exact) mass is 306 g/mol. The van der Waals surface area contributed by atoms with E-state index in [1.54, 1.807) is 0 Å². The largest absolute Gasteiger partial charge is 0.0557 e. The minimum atomic E-state index is 0.557. The normalized spacial score (nSPS) is 18.7. The lowest BCUT2D eigenvalue weighted by atomic mass is 10.6. The van der Waals surface area contributed by atoms with Gasteiger partial charge >= 0.3 is 0 Å². The molecule has 1 aliphatic rings. The molecule has 1 rings (SSSR count). The molecule has 0 radical (unpaired) electrons. The first-order valence-corrected chi connectivity index (χ1v) is 10.4. The summed E-state index contributed by atoms with van der Waals surface area (Å²) in [5.41, 5.74) is 0. The van der Waals surface area contributed by atoms with Crippen molar-refractivity contribution in [2.75, 3.05) is 0 Å². The summed E-state index contributed by atoms with van der Waals surface area (Å²) in [4.78, 5) is 0. The Bertz CT molecular complexity index is 74.9. The van der Waals surface area contributed by atoms with Crippen molar-refractivity contribution >= 4 is 33.2 Å². The van der Waals surface area contributed by atoms with Gasteiger partial charge in [-0.2, -0.15) is 0 Å². The second kappa shape index (κ2) is 3.01. The molecule has 1 aliphatic heterocycles. The van der Waals surface area contributed by atoms with Crippen LogP contribution in [0.5, 0.6) is 0 Å². The highest BCUT2D eigenvalue weighted by molar-refractivity contribution is 14.8. The van der Waals surface area contributed by atoms with Gasteiger partial charge in [0.2, 0.25) is 0 Å². The predicted molar refractivity (Wildman–Crippen MR) is 46.3 cm³/mol. The van der Waals surface area contributed by atoms with Gasteiger partial charge in [-0.25, -0.2) is 0 Å². The van der Waals surface area contributed by atoms with Crippen LogP contribution in [-0.4, -0.2) is 0 Å². The van der Waals surface area contributed by atoms with Gasteiger partial charge in [0.15, 0.2) is 0 Å². The van der Waals surface area contributed by atoms with Crippen LogP contribution in [0.4, 0.5) is 0 Å². The second-order valence-corrected chi connectivity index (χ2v) is 9.50. The number of rotatable bonds is 0. The van der Waals surface area contributed by atoms with Crippen molar-refractivity contribution in [3.63, 3.8) is 0 Å². The van der Waals surface area contributed by atoms with E-state index in [1.165, 1.54) is 0 Å². The van der Waals surface area contributed by atoms with Crippen molar-refractivity contribution in [1.82, 2.24) is 0 Å². The van der Waals surface area contributed by atoms with Crippen LogP contribution in [0.25, 0.3) is 0 Å². The maximum atomic E-state index is 2.34. The summed E-state index contributed by atoms with van der Waals surface area (Å²) in [6, 6.07) is 0. The Balaban J connectivity index is 2.77. The molecule has 0 amide bonds. The highest BCUT2D eigenvalue weighted by Gasteiger charge is 1.67. The number of hydrogen-bond acceptors (Lipinski definition) is 0. The van der Waals surface area contributed by atoms with Gasteiger partial charge in [0.05, 0.1) is 0 Å². The summed E-state index contributed by atoms with van der Waals surface area (Å²) < 4.78 is 4.68. The van der Waals surface area contributed by atoms with Crippen molar-refractivity contribution in [3.05, 3.63) is 20.3 Å². The molecular formula is C4H4I2. The minimum absolute atomic E-state index is 0.557. The van der Waals surface area contributed by atoms with E-state index < -0.39 is 0 Å². The topological polar surface area (TPSA) is 0 Å². The Hall–Kier alpha value is 0.940. The van der Waals surface area contributed by atoms with Gasteiger partial charge in [0, 0.05) is 0 Å². The van der Waals surface area contributed by atoms with Crippen molar-refractivity contribution < 1.29 is 0 Å². The molecule has 0 aromatic heterocycles. The predicted octanol–water partition coefficient (Wildman–Crippen LogP) is 2.88. The van der Waals surface area contributed by atoms with Crippen LogP contribution in [0.15, 0.2) is 20.3 Å². The fourth-order valence-corrected chi connectivity index (χ4v) is 5.51. The van der Waals surface area contributed by atoms with E-state index in [0.717, 1.165) is 0 Å². The molecule has 0 N–H and O–H groups in total. The SMILES string of the molecule is C1=CI=IC=C1. The minimum Gasteiger partial charge on any atom is -0.0557 e. The van der Waals surface area contributed by atoms with Gasteiger partial charge in [0.25, 0.3) is 0 Å². The lowest BCUT2D eigenvalue weighted by molar-refractivity contribution is 2.13. The summed E-state index contributed by atoms with van der Waals surface area (Å²) >= 11 is 1.11. The van der Waals surface area contributed by atoms with E-state index >= 15 is 0 Å². The third-order valence-corrected chi connectivity index (χ3v) is 7.52. The van der Waals surface area contributed by atoms with Crippen LogP contribution in [0.3, 0.4) is 0 Å². The number of halogens is 2. The van der Waals surface area contributed by atoms with Crippen molar-refractivity contribution in [2.24, 2.45) is 0 Å². The van der Waals surface area contributed by atoms with Crippen molar-refractivity contribution in [1.29, 1.82) is 0 Å². The van der Waals surface area contributed by atoms with Gasteiger partial charge in [-0.05, 0) is 8.17 Å². The summed E-state index contributed by atoms with van der Waals surface area (Å²) in [5, 5.41) is 0. The molecule has 0 fully saturated rings.